The zero-order valence-electron chi connectivity index (χ0n) is 21.6. The number of halogens is 2. The first-order valence-corrected chi connectivity index (χ1v) is 12.9. The minimum Gasteiger partial charge on any atom is -0.489 e. The van der Waals surface area contributed by atoms with Crippen LogP contribution in [0.25, 0.3) is 0 Å². The second-order valence-corrected chi connectivity index (χ2v) is 9.73. The number of anilines is 1. The maximum atomic E-state index is 14.1. The lowest BCUT2D eigenvalue weighted by Crippen LogP contribution is -2.34. The Labute approximate surface area is 232 Å². The molecule has 1 aromatic heterocycles. The van der Waals surface area contributed by atoms with Crippen LogP contribution in [0.5, 0.6) is 5.75 Å². The van der Waals surface area contributed by atoms with Gasteiger partial charge >= 0.3 is 11.9 Å². The first-order valence-electron chi connectivity index (χ1n) is 12.2. The van der Waals surface area contributed by atoms with Crippen molar-refractivity contribution >= 4 is 46.7 Å². The van der Waals surface area contributed by atoms with Crippen LogP contribution in [0.3, 0.4) is 0 Å². The highest BCUT2D eigenvalue weighted by Gasteiger charge is 2.30. The lowest BCUT2D eigenvalue weighted by Gasteiger charge is -2.28. The predicted octanol–water partition coefficient (Wildman–Crippen LogP) is 6.10. The number of benzene rings is 1. The van der Waals surface area contributed by atoms with Crippen molar-refractivity contribution in [3.63, 3.8) is 0 Å². The van der Waals surface area contributed by atoms with Crippen molar-refractivity contribution in [2.75, 3.05) is 18.6 Å². The molecule has 1 heterocycles. The highest BCUT2D eigenvalue weighted by Crippen LogP contribution is 2.39. The quantitative estimate of drug-likeness (QED) is 0.256. The van der Waals surface area contributed by atoms with Crippen molar-refractivity contribution in [1.82, 2.24) is 4.98 Å². The molecule has 38 heavy (non-hydrogen) atoms. The Bertz CT molecular complexity index is 1260. The summed E-state index contributed by atoms with van der Waals surface area (Å²) in [5, 5.41) is 0.503. The van der Waals surface area contributed by atoms with Crippen molar-refractivity contribution in [3.8, 4) is 5.75 Å². The van der Waals surface area contributed by atoms with Crippen LogP contribution in [0, 0.1) is 0 Å². The molecule has 0 saturated heterocycles. The number of carbonyl (C=O) groups excluding carboxylic acids is 3. The van der Waals surface area contributed by atoms with E-state index in [-0.39, 0.29) is 29.8 Å². The molecule has 0 atom stereocenters. The van der Waals surface area contributed by atoms with Crippen LogP contribution in [-0.2, 0) is 25.6 Å². The average molecular weight is 561 g/mol. The van der Waals surface area contributed by atoms with Gasteiger partial charge in [0.25, 0.3) is 5.91 Å². The Morgan fingerprint density at radius 2 is 1.76 bits per heavy atom. The van der Waals surface area contributed by atoms with Crippen LogP contribution < -0.4 is 9.64 Å². The second kappa shape index (κ2) is 13.4. The Morgan fingerprint density at radius 3 is 2.42 bits per heavy atom. The monoisotopic (exact) mass is 560 g/mol. The van der Waals surface area contributed by atoms with Gasteiger partial charge in [0.1, 0.15) is 12.4 Å². The number of hydrogen-bond acceptors (Lipinski definition) is 7. The lowest BCUT2D eigenvalue weighted by atomic mass is 9.90. The Morgan fingerprint density at radius 1 is 1.05 bits per heavy atom. The number of carbonyl (C=O) groups is 3. The van der Waals surface area contributed by atoms with Crippen LogP contribution in [-0.4, -0.2) is 42.7 Å². The van der Waals surface area contributed by atoms with Crippen molar-refractivity contribution in [2.24, 2.45) is 0 Å². The fraction of sp³-hybridized carbons (Fsp3) is 0.357. The fourth-order valence-corrected chi connectivity index (χ4v) is 4.60. The topological polar surface area (TPSA) is 95.0 Å². The molecule has 2 aromatic rings. The molecule has 3 rings (SSSR count). The van der Waals surface area contributed by atoms with E-state index in [0.717, 1.165) is 12.8 Å². The number of aromatic nitrogens is 1. The second-order valence-electron chi connectivity index (χ2n) is 8.92. The minimum absolute atomic E-state index is 0.00236. The maximum Gasteiger partial charge on any atom is 0.339 e. The number of rotatable bonds is 10. The SMILES string of the molecule is C=CCOC(=O)C1=C(C(=O)N(Cc2cncc(C(=O)OC)c2)c2cc(OC(C)C)c(Cl)cc2Cl)CCCC1. The first-order chi connectivity index (χ1) is 18.2. The van der Waals surface area contributed by atoms with Gasteiger partial charge in [0, 0.05) is 29.6 Å². The summed E-state index contributed by atoms with van der Waals surface area (Å²) in [5.74, 6) is -1.17. The van der Waals surface area contributed by atoms with E-state index in [1.54, 1.807) is 12.1 Å². The molecule has 0 aliphatic heterocycles. The largest absolute Gasteiger partial charge is 0.489 e. The fourth-order valence-electron chi connectivity index (χ4n) is 4.07. The molecule has 1 aliphatic rings. The first kappa shape index (κ1) is 29.2. The van der Waals surface area contributed by atoms with Gasteiger partial charge in [0.15, 0.2) is 0 Å². The predicted molar refractivity (Wildman–Crippen MR) is 146 cm³/mol. The Kier molecular flexibility index (Phi) is 10.3. The summed E-state index contributed by atoms with van der Waals surface area (Å²) in [6.07, 6.45) is 6.52. The summed E-state index contributed by atoms with van der Waals surface area (Å²) >= 11 is 13.0. The van der Waals surface area contributed by atoms with Crippen LogP contribution >= 0.6 is 23.2 Å². The third-order valence-electron chi connectivity index (χ3n) is 5.76. The van der Waals surface area contributed by atoms with Gasteiger partial charge in [-0.1, -0.05) is 35.9 Å². The summed E-state index contributed by atoms with van der Waals surface area (Å²) in [4.78, 5) is 44.6. The van der Waals surface area contributed by atoms with Gasteiger partial charge in [-0.3, -0.25) is 9.78 Å². The maximum absolute atomic E-state index is 14.1. The number of hydrogen-bond donors (Lipinski definition) is 0. The molecule has 0 fully saturated rings. The summed E-state index contributed by atoms with van der Waals surface area (Å²) in [7, 11) is 1.27. The summed E-state index contributed by atoms with van der Waals surface area (Å²) < 4.78 is 15.9. The van der Waals surface area contributed by atoms with E-state index in [4.69, 9.17) is 37.4 Å². The standard InChI is InChI=1S/C28H30Cl2N2O6/c1-5-10-37-28(35)21-9-7-6-8-20(21)26(33)32(16-18-11-19(15-31-14-18)27(34)36-4)24-13-25(38-17(2)3)23(30)12-22(24)29/h5,11-15,17H,1,6-10,16H2,2-4H3. The number of methoxy groups -OCH3 is 1. The number of pyridine rings is 1. The van der Waals surface area contributed by atoms with Gasteiger partial charge in [-0.05, 0) is 57.2 Å². The molecule has 10 heteroatoms. The summed E-state index contributed by atoms with van der Waals surface area (Å²) in [6.45, 7) is 7.32. The Balaban J connectivity index is 2.14. The molecule has 0 radical (unpaired) electrons. The molecule has 1 aliphatic carbocycles. The van der Waals surface area contributed by atoms with E-state index in [1.807, 2.05) is 13.8 Å². The van der Waals surface area contributed by atoms with Gasteiger partial charge in [-0.2, -0.15) is 0 Å². The van der Waals surface area contributed by atoms with Crippen LogP contribution in [0.2, 0.25) is 10.0 Å². The highest BCUT2D eigenvalue weighted by atomic mass is 35.5. The number of amides is 1. The van der Waals surface area contributed by atoms with E-state index in [1.165, 1.54) is 36.5 Å². The third kappa shape index (κ3) is 7.14. The molecular weight excluding hydrogens is 531 g/mol. The molecule has 8 nitrogen and oxygen atoms in total. The molecule has 0 spiro atoms. The molecule has 0 unspecified atom stereocenters. The van der Waals surface area contributed by atoms with Crippen molar-refractivity contribution in [2.45, 2.75) is 52.2 Å². The Hall–Kier alpha value is -3.36. The van der Waals surface area contributed by atoms with E-state index < -0.39 is 17.8 Å². The minimum atomic E-state index is -0.559. The molecule has 1 aromatic carbocycles. The van der Waals surface area contributed by atoms with Crippen molar-refractivity contribution in [1.29, 1.82) is 0 Å². The van der Waals surface area contributed by atoms with E-state index in [9.17, 15) is 14.4 Å². The molecule has 0 N–H and O–H groups in total. The van der Waals surface area contributed by atoms with E-state index in [0.29, 0.717) is 46.0 Å². The molecule has 1 amide bonds. The zero-order valence-corrected chi connectivity index (χ0v) is 23.1. The number of nitrogens with zero attached hydrogens (tertiary/aromatic N) is 2. The highest BCUT2D eigenvalue weighted by molar-refractivity contribution is 6.37. The third-order valence-corrected chi connectivity index (χ3v) is 6.36. The molecule has 202 valence electrons. The molecule has 0 saturated carbocycles. The normalized spacial score (nSPS) is 13.2. The molecular formula is C28H30Cl2N2O6. The van der Waals surface area contributed by atoms with Crippen LogP contribution in [0.15, 0.2) is 54.4 Å². The van der Waals surface area contributed by atoms with Gasteiger partial charge in [0.05, 0.1) is 41.1 Å². The van der Waals surface area contributed by atoms with Crippen LogP contribution in [0.4, 0.5) is 5.69 Å². The smallest absolute Gasteiger partial charge is 0.339 e. The average Bonchev–Trinajstić information content (AvgIpc) is 2.91. The zero-order chi connectivity index (χ0) is 27.8. The summed E-state index contributed by atoms with van der Waals surface area (Å²) in [6, 6.07) is 4.69. The van der Waals surface area contributed by atoms with Gasteiger partial charge < -0.3 is 19.1 Å². The molecule has 0 bridgehead atoms. The van der Waals surface area contributed by atoms with Gasteiger partial charge in [-0.25, -0.2) is 9.59 Å². The lowest BCUT2D eigenvalue weighted by molar-refractivity contribution is -0.138. The van der Waals surface area contributed by atoms with E-state index in [2.05, 4.69) is 11.6 Å². The van der Waals surface area contributed by atoms with E-state index >= 15 is 0 Å². The van der Waals surface area contributed by atoms with Crippen molar-refractivity contribution in [3.05, 3.63) is 75.6 Å². The van der Waals surface area contributed by atoms with Crippen LogP contribution in [0.1, 0.15) is 55.5 Å². The van der Waals surface area contributed by atoms with Gasteiger partial charge in [0.2, 0.25) is 0 Å². The number of esters is 2. The summed E-state index contributed by atoms with van der Waals surface area (Å²) in [5.41, 5.74) is 1.79. The number of ether oxygens (including phenoxy) is 3. The van der Waals surface area contributed by atoms with Gasteiger partial charge in [-0.15, -0.1) is 0 Å². The van der Waals surface area contributed by atoms with Crippen molar-refractivity contribution < 1.29 is 28.6 Å².